The van der Waals surface area contributed by atoms with Gasteiger partial charge in [-0.1, -0.05) is 30.3 Å². The molecular formula is C25H19IN2O6S. The minimum atomic E-state index is -0.457. The standard InChI is InChI=1S/C25H19IN2O6S/c1-33-22-12-17(7-10-21(22)34-15-18-3-2-4-20(11-18)28(31)32)13-23-24(29)27(25(30)35-23)14-16-5-8-19(26)9-6-16/h2-13H,14-15H2,1H3/b23-13-. The summed E-state index contributed by atoms with van der Waals surface area (Å²) in [5.74, 6) is 0.536. The average molecular weight is 602 g/mol. The highest BCUT2D eigenvalue weighted by atomic mass is 127. The van der Waals surface area contributed by atoms with Gasteiger partial charge in [-0.3, -0.25) is 24.6 Å². The summed E-state index contributed by atoms with van der Waals surface area (Å²) in [4.78, 5) is 37.4. The summed E-state index contributed by atoms with van der Waals surface area (Å²) < 4.78 is 12.3. The first-order chi connectivity index (χ1) is 16.8. The van der Waals surface area contributed by atoms with Gasteiger partial charge in [0.05, 0.1) is 23.5 Å². The largest absolute Gasteiger partial charge is 0.493 e. The monoisotopic (exact) mass is 602 g/mol. The van der Waals surface area contributed by atoms with Gasteiger partial charge in [-0.2, -0.15) is 0 Å². The van der Waals surface area contributed by atoms with E-state index in [0.717, 1.165) is 20.9 Å². The van der Waals surface area contributed by atoms with Crippen LogP contribution < -0.4 is 9.47 Å². The molecule has 0 spiro atoms. The van der Waals surface area contributed by atoms with Crippen molar-refractivity contribution in [2.45, 2.75) is 13.2 Å². The first-order valence-electron chi connectivity index (χ1n) is 10.4. The van der Waals surface area contributed by atoms with E-state index in [4.69, 9.17) is 9.47 Å². The van der Waals surface area contributed by atoms with Crippen LogP contribution in [0.5, 0.6) is 11.5 Å². The fraction of sp³-hybridized carbons (Fsp3) is 0.120. The fourth-order valence-electron chi connectivity index (χ4n) is 3.37. The van der Waals surface area contributed by atoms with E-state index in [1.807, 2.05) is 24.3 Å². The van der Waals surface area contributed by atoms with Gasteiger partial charge < -0.3 is 9.47 Å². The molecular weight excluding hydrogens is 583 g/mol. The molecule has 0 aromatic heterocycles. The quantitative estimate of drug-likeness (QED) is 0.135. The number of non-ortho nitro benzene ring substituents is 1. The molecule has 0 atom stereocenters. The third kappa shape index (κ3) is 6.01. The number of carbonyl (C=O) groups excluding carboxylic acids is 2. The predicted molar refractivity (Wildman–Crippen MR) is 141 cm³/mol. The minimum Gasteiger partial charge on any atom is -0.493 e. The van der Waals surface area contributed by atoms with Crippen molar-refractivity contribution in [3.63, 3.8) is 0 Å². The molecule has 3 aromatic rings. The highest BCUT2D eigenvalue weighted by molar-refractivity contribution is 14.1. The number of ether oxygens (including phenoxy) is 2. The second-order valence-corrected chi connectivity index (χ2v) is 9.76. The van der Waals surface area contributed by atoms with E-state index >= 15 is 0 Å². The van der Waals surface area contributed by atoms with Crippen LogP contribution in [-0.4, -0.2) is 28.1 Å². The Morgan fingerprint density at radius 2 is 1.80 bits per heavy atom. The third-order valence-electron chi connectivity index (χ3n) is 5.13. The Bertz CT molecular complexity index is 1330. The number of hydrogen-bond acceptors (Lipinski definition) is 7. The first-order valence-corrected chi connectivity index (χ1v) is 12.3. The van der Waals surface area contributed by atoms with Crippen molar-refractivity contribution in [3.8, 4) is 11.5 Å². The maximum atomic E-state index is 12.9. The van der Waals surface area contributed by atoms with Crippen molar-refractivity contribution in [2.24, 2.45) is 0 Å². The number of carbonyl (C=O) groups is 2. The first kappa shape index (κ1) is 24.7. The number of imide groups is 1. The smallest absolute Gasteiger partial charge is 0.293 e. The third-order valence-corrected chi connectivity index (χ3v) is 6.76. The van der Waals surface area contributed by atoms with Crippen LogP contribution in [0, 0.1) is 13.7 Å². The molecule has 1 aliphatic heterocycles. The van der Waals surface area contributed by atoms with Gasteiger partial charge in [-0.05, 0) is 81.4 Å². The number of thioether (sulfide) groups is 1. The second-order valence-electron chi connectivity index (χ2n) is 7.52. The Labute approximate surface area is 219 Å². The highest BCUT2D eigenvalue weighted by Crippen LogP contribution is 2.35. The average Bonchev–Trinajstić information content (AvgIpc) is 3.11. The SMILES string of the molecule is COc1cc(/C=C2\SC(=O)N(Cc3ccc(I)cc3)C2=O)ccc1OCc1cccc([N+](=O)[O-])c1. The molecule has 1 aliphatic rings. The number of methoxy groups -OCH3 is 1. The van der Waals surface area contributed by atoms with Crippen molar-refractivity contribution in [1.82, 2.24) is 4.90 Å². The summed E-state index contributed by atoms with van der Waals surface area (Å²) >= 11 is 3.10. The molecule has 3 aromatic carbocycles. The van der Waals surface area contributed by atoms with Crippen molar-refractivity contribution in [2.75, 3.05) is 7.11 Å². The van der Waals surface area contributed by atoms with Crippen molar-refractivity contribution < 1.29 is 24.0 Å². The van der Waals surface area contributed by atoms with Gasteiger partial charge in [0.1, 0.15) is 6.61 Å². The topological polar surface area (TPSA) is 99.0 Å². The number of amides is 2. The summed E-state index contributed by atoms with van der Waals surface area (Å²) in [5, 5.41) is 10.6. The lowest BCUT2D eigenvalue weighted by Gasteiger charge is -2.12. The van der Waals surface area contributed by atoms with Crippen LogP contribution in [-0.2, 0) is 17.9 Å². The Hall–Kier alpha value is -3.38. The molecule has 0 aliphatic carbocycles. The van der Waals surface area contributed by atoms with Gasteiger partial charge in [-0.15, -0.1) is 0 Å². The van der Waals surface area contributed by atoms with E-state index in [1.54, 1.807) is 36.4 Å². The molecule has 1 heterocycles. The zero-order valence-corrected chi connectivity index (χ0v) is 21.4. The van der Waals surface area contributed by atoms with Crippen LogP contribution in [0.15, 0.2) is 71.6 Å². The summed E-state index contributed by atoms with van der Waals surface area (Å²) in [7, 11) is 1.49. The Kier molecular flexibility index (Phi) is 7.71. The molecule has 0 saturated carbocycles. The van der Waals surface area contributed by atoms with E-state index in [0.29, 0.717) is 27.5 Å². The van der Waals surface area contributed by atoms with E-state index in [2.05, 4.69) is 22.6 Å². The molecule has 8 nitrogen and oxygen atoms in total. The number of nitro groups is 1. The summed E-state index contributed by atoms with van der Waals surface area (Å²) in [6, 6.07) is 19.0. The van der Waals surface area contributed by atoms with Gasteiger partial charge in [0.25, 0.3) is 16.8 Å². The van der Waals surface area contributed by atoms with Crippen molar-refractivity contribution >= 4 is 57.3 Å². The summed E-state index contributed by atoms with van der Waals surface area (Å²) in [6.45, 7) is 0.335. The molecule has 10 heteroatoms. The number of benzene rings is 3. The fourth-order valence-corrected chi connectivity index (χ4v) is 4.57. The van der Waals surface area contributed by atoms with Crippen LogP contribution in [0.1, 0.15) is 16.7 Å². The van der Waals surface area contributed by atoms with E-state index in [-0.39, 0.29) is 30.0 Å². The summed E-state index contributed by atoms with van der Waals surface area (Å²) in [5.41, 5.74) is 2.18. The lowest BCUT2D eigenvalue weighted by atomic mass is 10.1. The molecule has 1 fully saturated rings. The number of nitro benzene ring substituents is 1. The Morgan fingerprint density at radius 3 is 2.51 bits per heavy atom. The van der Waals surface area contributed by atoms with Gasteiger partial charge in [0.15, 0.2) is 11.5 Å². The molecule has 2 amide bonds. The minimum absolute atomic E-state index is 0.00983. The van der Waals surface area contributed by atoms with Crippen LogP contribution in [0.3, 0.4) is 0 Å². The number of nitrogens with zero attached hydrogens (tertiary/aromatic N) is 2. The zero-order chi connectivity index (χ0) is 24.9. The number of rotatable bonds is 8. The zero-order valence-electron chi connectivity index (χ0n) is 18.5. The molecule has 0 unspecified atom stereocenters. The molecule has 0 N–H and O–H groups in total. The van der Waals surface area contributed by atoms with E-state index in [1.165, 1.54) is 24.1 Å². The lowest BCUT2D eigenvalue weighted by molar-refractivity contribution is -0.384. The molecule has 35 heavy (non-hydrogen) atoms. The molecule has 0 bridgehead atoms. The highest BCUT2D eigenvalue weighted by Gasteiger charge is 2.35. The van der Waals surface area contributed by atoms with Gasteiger partial charge >= 0.3 is 0 Å². The predicted octanol–water partition coefficient (Wildman–Crippen LogP) is 6.02. The normalized spacial score (nSPS) is 14.5. The maximum absolute atomic E-state index is 12.9. The Morgan fingerprint density at radius 1 is 1.03 bits per heavy atom. The van der Waals surface area contributed by atoms with E-state index < -0.39 is 4.92 Å². The van der Waals surface area contributed by atoms with Crippen LogP contribution in [0.2, 0.25) is 0 Å². The van der Waals surface area contributed by atoms with Crippen molar-refractivity contribution in [3.05, 3.63) is 102 Å². The molecule has 1 saturated heterocycles. The van der Waals surface area contributed by atoms with E-state index in [9.17, 15) is 19.7 Å². The Balaban J connectivity index is 1.47. The summed E-state index contributed by atoms with van der Waals surface area (Å²) in [6.07, 6.45) is 1.64. The second kappa shape index (κ2) is 10.9. The number of halogens is 1. The van der Waals surface area contributed by atoms with Gasteiger partial charge in [-0.25, -0.2) is 0 Å². The van der Waals surface area contributed by atoms with Gasteiger partial charge in [0.2, 0.25) is 0 Å². The molecule has 4 rings (SSSR count). The molecule has 0 radical (unpaired) electrons. The van der Waals surface area contributed by atoms with Crippen LogP contribution in [0.4, 0.5) is 10.5 Å². The van der Waals surface area contributed by atoms with Crippen molar-refractivity contribution in [1.29, 1.82) is 0 Å². The van der Waals surface area contributed by atoms with Gasteiger partial charge in [0, 0.05) is 15.7 Å². The van der Waals surface area contributed by atoms with Crippen LogP contribution in [0.25, 0.3) is 6.08 Å². The lowest BCUT2D eigenvalue weighted by Crippen LogP contribution is -2.27. The number of hydrogen-bond donors (Lipinski definition) is 0. The maximum Gasteiger partial charge on any atom is 0.293 e. The molecule has 178 valence electrons. The van der Waals surface area contributed by atoms with Crippen LogP contribution >= 0.6 is 34.4 Å².